The zero-order valence-corrected chi connectivity index (χ0v) is 16.6. The van der Waals surface area contributed by atoms with E-state index in [0.29, 0.717) is 24.6 Å². The average molecular weight is 387 g/mol. The number of rotatable bonds is 4. The second-order valence-corrected chi connectivity index (χ2v) is 9.37. The van der Waals surface area contributed by atoms with E-state index in [4.69, 9.17) is 4.74 Å². The van der Waals surface area contributed by atoms with Crippen LogP contribution in [0.4, 0.5) is 0 Å². The standard InChI is InChI=1S/C21H26N2O3S/c1-16-8-10-19(11-9-16)27(24,25)22-14-20-21(15-22)26-13-12-23(20)17(2)18-6-4-3-5-7-18/h3-11,17,20-21H,12-15H2,1-2H3/t17-,20-,21-/m0/s1. The molecule has 0 amide bonds. The number of sulfonamides is 1. The molecule has 0 radical (unpaired) electrons. The Morgan fingerprint density at radius 3 is 2.44 bits per heavy atom. The van der Waals surface area contributed by atoms with Gasteiger partial charge in [-0.2, -0.15) is 4.31 Å². The van der Waals surface area contributed by atoms with Gasteiger partial charge in [0, 0.05) is 25.7 Å². The highest BCUT2D eigenvalue weighted by atomic mass is 32.2. The molecular formula is C21H26N2O3S. The summed E-state index contributed by atoms with van der Waals surface area (Å²) in [5, 5.41) is 0. The van der Waals surface area contributed by atoms with Crippen LogP contribution in [0.5, 0.6) is 0 Å². The summed E-state index contributed by atoms with van der Waals surface area (Å²) in [5.41, 5.74) is 2.30. The van der Waals surface area contributed by atoms with Crippen LogP contribution in [-0.2, 0) is 14.8 Å². The lowest BCUT2D eigenvalue weighted by atomic mass is 10.0. The van der Waals surface area contributed by atoms with Gasteiger partial charge in [0.2, 0.25) is 10.0 Å². The van der Waals surface area contributed by atoms with Crippen molar-refractivity contribution in [1.82, 2.24) is 9.21 Å². The van der Waals surface area contributed by atoms with Crippen molar-refractivity contribution in [2.24, 2.45) is 0 Å². The number of morpholine rings is 1. The summed E-state index contributed by atoms with van der Waals surface area (Å²) in [6.07, 6.45) is -0.0786. The van der Waals surface area contributed by atoms with Crippen LogP contribution >= 0.6 is 0 Å². The average Bonchev–Trinajstić information content (AvgIpc) is 3.14. The van der Waals surface area contributed by atoms with Crippen molar-refractivity contribution in [1.29, 1.82) is 0 Å². The molecule has 3 atom stereocenters. The molecule has 27 heavy (non-hydrogen) atoms. The monoisotopic (exact) mass is 386 g/mol. The Bertz CT molecular complexity index is 883. The van der Waals surface area contributed by atoms with E-state index in [0.717, 1.165) is 12.1 Å². The van der Waals surface area contributed by atoms with Gasteiger partial charge in [0.25, 0.3) is 0 Å². The molecule has 5 nitrogen and oxygen atoms in total. The maximum absolute atomic E-state index is 13.1. The van der Waals surface area contributed by atoms with Gasteiger partial charge in [-0.15, -0.1) is 0 Å². The lowest BCUT2D eigenvalue weighted by molar-refractivity contribution is -0.0614. The Kier molecular flexibility index (Phi) is 5.07. The fourth-order valence-corrected chi connectivity index (χ4v) is 5.61. The number of nitrogens with zero attached hydrogens (tertiary/aromatic N) is 2. The molecule has 0 aromatic heterocycles. The molecule has 2 aliphatic heterocycles. The fraction of sp³-hybridized carbons (Fsp3) is 0.429. The van der Waals surface area contributed by atoms with Crippen LogP contribution < -0.4 is 0 Å². The lowest BCUT2D eigenvalue weighted by Crippen LogP contribution is -2.51. The van der Waals surface area contributed by atoms with Gasteiger partial charge in [-0.05, 0) is 31.5 Å². The zero-order chi connectivity index (χ0) is 19.0. The van der Waals surface area contributed by atoms with Crippen molar-refractivity contribution < 1.29 is 13.2 Å². The maximum atomic E-state index is 13.1. The fourth-order valence-electron chi connectivity index (χ4n) is 4.14. The Morgan fingerprint density at radius 1 is 1.04 bits per heavy atom. The first-order valence-electron chi connectivity index (χ1n) is 9.46. The van der Waals surface area contributed by atoms with Crippen LogP contribution in [0.15, 0.2) is 59.5 Å². The first-order chi connectivity index (χ1) is 13.0. The van der Waals surface area contributed by atoms with E-state index in [9.17, 15) is 8.42 Å². The van der Waals surface area contributed by atoms with Crippen molar-refractivity contribution in [3.05, 3.63) is 65.7 Å². The Hall–Kier alpha value is -1.73. The van der Waals surface area contributed by atoms with E-state index < -0.39 is 10.0 Å². The van der Waals surface area contributed by atoms with E-state index >= 15 is 0 Å². The molecule has 2 aromatic carbocycles. The number of benzene rings is 2. The lowest BCUT2D eigenvalue weighted by Gasteiger charge is -2.40. The van der Waals surface area contributed by atoms with E-state index in [1.807, 2.05) is 37.3 Å². The first kappa shape index (κ1) is 18.6. The Balaban J connectivity index is 1.56. The molecule has 2 fully saturated rings. The largest absolute Gasteiger partial charge is 0.374 e. The second kappa shape index (κ2) is 7.36. The third kappa shape index (κ3) is 3.55. The number of fused-ring (bicyclic) bond motifs is 1. The van der Waals surface area contributed by atoms with Crippen molar-refractivity contribution in [2.75, 3.05) is 26.2 Å². The quantitative estimate of drug-likeness (QED) is 0.811. The smallest absolute Gasteiger partial charge is 0.243 e. The highest BCUT2D eigenvalue weighted by molar-refractivity contribution is 7.89. The van der Waals surface area contributed by atoms with Crippen molar-refractivity contribution >= 4 is 10.0 Å². The van der Waals surface area contributed by atoms with Crippen molar-refractivity contribution in [3.63, 3.8) is 0 Å². The van der Waals surface area contributed by atoms with Gasteiger partial charge in [-0.25, -0.2) is 8.42 Å². The predicted molar refractivity (Wildman–Crippen MR) is 105 cm³/mol. The van der Waals surface area contributed by atoms with Gasteiger partial charge in [-0.1, -0.05) is 48.0 Å². The minimum Gasteiger partial charge on any atom is -0.374 e. The molecule has 6 heteroatoms. The van der Waals surface area contributed by atoms with Crippen LogP contribution in [0, 0.1) is 6.92 Å². The number of hydrogen-bond donors (Lipinski definition) is 0. The third-order valence-corrected chi connectivity index (χ3v) is 7.59. The van der Waals surface area contributed by atoms with Crippen LogP contribution in [0.1, 0.15) is 24.1 Å². The third-order valence-electron chi connectivity index (χ3n) is 5.75. The molecule has 2 heterocycles. The van der Waals surface area contributed by atoms with Crippen LogP contribution in [0.2, 0.25) is 0 Å². The molecule has 0 aliphatic carbocycles. The summed E-state index contributed by atoms with van der Waals surface area (Å²) in [5.74, 6) is 0. The molecule has 144 valence electrons. The van der Waals surface area contributed by atoms with E-state index in [1.165, 1.54) is 5.56 Å². The minimum atomic E-state index is -3.50. The highest BCUT2D eigenvalue weighted by Crippen LogP contribution is 2.33. The van der Waals surface area contributed by atoms with Crippen LogP contribution in [0.25, 0.3) is 0 Å². The second-order valence-electron chi connectivity index (χ2n) is 7.44. The van der Waals surface area contributed by atoms with Gasteiger partial charge in [-0.3, -0.25) is 4.90 Å². The molecule has 2 aromatic rings. The molecule has 2 saturated heterocycles. The van der Waals surface area contributed by atoms with Gasteiger partial charge in [0.05, 0.1) is 23.6 Å². The first-order valence-corrected chi connectivity index (χ1v) is 10.9. The summed E-state index contributed by atoms with van der Waals surface area (Å²) in [7, 11) is -3.50. The minimum absolute atomic E-state index is 0.0779. The predicted octanol–water partition coefficient (Wildman–Crippen LogP) is 2.83. The number of hydrogen-bond acceptors (Lipinski definition) is 4. The molecule has 0 bridgehead atoms. The SMILES string of the molecule is Cc1ccc(S(=O)(=O)N2C[C@@H]3OCCN([C@@H](C)c4ccccc4)[C@H]3C2)cc1. The molecule has 0 N–H and O–H groups in total. The van der Waals surface area contributed by atoms with Crippen molar-refractivity contribution in [2.45, 2.75) is 36.9 Å². The molecule has 0 saturated carbocycles. The normalized spacial score (nSPS) is 25.3. The molecule has 0 unspecified atom stereocenters. The van der Waals surface area contributed by atoms with Gasteiger partial charge in [0.1, 0.15) is 0 Å². The molecule has 2 aliphatic rings. The summed E-state index contributed by atoms with van der Waals surface area (Å²) in [4.78, 5) is 2.75. The topological polar surface area (TPSA) is 49.9 Å². The van der Waals surface area contributed by atoms with Gasteiger partial charge in [0.15, 0.2) is 0 Å². The summed E-state index contributed by atoms with van der Waals surface area (Å²) in [6.45, 7) is 6.48. The van der Waals surface area contributed by atoms with E-state index in [2.05, 4.69) is 24.0 Å². The maximum Gasteiger partial charge on any atom is 0.243 e. The van der Waals surface area contributed by atoms with Crippen molar-refractivity contribution in [3.8, 4) is 0 Å². The summed E-state index contributed by atoms with van der Waals surface area (Å²) >= 11 is 0. The van der Waals surface area contributed by atoms with Gasteiger partial charge < -0.3 is 4.74 Å². The molecule has 0 spiro atoms. The Morgan fingerprint density at radius 2 is 1.74 bits per heavy atom. The Labute approximate surface area is 161 Å². The summed E-state index contributed by atoms with van der Waals surface area (Å²) < 4.78 is 33.7. The summed E-state index contributed by atoms with van der Waals surface area (Å²) in [6, 6.07) is 17.7. The van der Waals surface area contributed by atoms with Crippen LogP contribution in [0.3, 0.4) is 0 Å². The number of aryl methyl sites for hydroxylation is 1. The van der Waals surface area contributed by atoms with Crippen LogP contribution in [-0.4, -0.2) is 56.0 Å². The van der Waals surface area contributed by atoms with E-state index in [-0.39, 0.29) is 18.2 Å². The highest BCUT2D eigenvalue weighted by Gasteiger charge is 2.45. The molecular weight excluding hydrogens is 360 g/mol. The number of ether oxygens (including phenoxy) is 1. The zero-order valence-electron chi connectivity index (χ0n) is 15.8. The molecule has 4 rings (SSSR count). The van der Waals surface area contributed by atoms with E-state index in [1.54, 1.807) is 16.4 Å². The van der Waals surface area contributed by atoms with Gasteiger partial charge >= 0.3 is 0 Å².